The Morgan fingerprint density at radius 2 is 1.86 bits per heavy atom. The van der Waals surface area contributed by atoms with Crippen LogP contribution in [0.3, 0.4) is 0 Å². The van der Waals surface area contributed by atoms with Crippen molar-refractivity contribution in [2.75, 3.05) is 11.9 Å². The summed E-state index contributed by atoms with van der Waals surface area (Å²) in [6.07, 6.45) is 0.833. The summed E-state index contributed by atoms with van der Waals surface area (Å²) in [4.78, 5) is 28.6. The van der Waals surface area contributed by atoms with Gasteiger partial charge in [-0.2, -0.15) is 0 Å². The van der Waals surface area contributed by atoms with Crippen molar-refractivity contribution in [3.63, 3.8) is 0 Å². The molecule has 4 rings (SSSR count). The molecule has 1 aliphatic rings. The zero-order valence-corrected chi connectivity index (χ0v) is 16.5. The van der Waals surface area contributed by atoms with E-state index < -0.39 is 17.5 Å². The molecule has 0 saturated heterocycles. The molecule has 148 valence electrons. The molecule has 0 atom stereocenters. The summed E-state index contributed by atoms with van der Waals surface area (Å²) < 4.78 is 26.8. The number of carbonyl (C=O) groups is 2. The van der Waals surface area contributed by atoms with E-state index in [1.807, 2.05) is 11.4 Å². The van der Waals surface area contributed by atoms with Crippen LogP contribution in [0.4, 0.5) is 14.5 Å². The third-order valence-corrected chi connectivity index (χ3v) is 6.06. The number of fused-ring (bicyclic) bond motifs is 1. The number of amides is 2. The van der Waals surface area contributed by atoms with Crippen LogP contribution in [0, 0.1) is 18.6 Å². The minimum Gasteiger partial charge on any atom is -0.334 e. The van der Waals surface area contributed by atoms with Gasteiger partial charge >= 0.3 is 0 Å². The smallest absolute Gasteiger partial charge is 0.255 e. The molecule has 0 unspecified atom stereocenters. The average Bonchev–Trinajstić information content (AvgIpc) is 3.16. The maximum atomic E-state index is 13.4. The first kappa shape index (κ1) is 19.3. The Balaban J connectivity index is 1.56. The number of anilines is 1. The normalized spacial score (nSPS) is 13.1. The summed E-state index contributed by atoms with van der Waals surface area (Å²) in [5.41, 5.74) is 2.58. The van der Waals surface area contributed by atoms with Crippen LogP contribution in [0.2, 0.25) is 0 Å². The van der Waals surface area contributed by atoms with Gasteiger partial charge in [0.15, 0.2) is 0 Å². The van der Waals surface area contributed by atoms with E-state index in [1.54, 1.807) is 41.4 Å². The summed E-state index contributed by atoms with van der Waals surface area (Å²) in [5.74, 6) is -2.40. The van der Waals surface area contributed by atoms with Gasteiger partial charge in [0.1, 0.15) is 11.6 Å². The number of carbonyl (C=O) groups excluding carboxylic acids is 2. The standard InChI is InChI=1S/C22H18F2N2O2S/c1-13-18(22(28)26-7-5-20-14(12-26)6-8-29-20)3-2-4-19(13)25-21(27)15-9-16(23)11-17(24)10-15/h2-4,6,8-11H,5,7,12H2,1H3,(H,25,27). The fourth-order valence-electron chi connectivity index (χ4n) is 3.47. The number of hydrogen-bond donors (Lipinski definition) is 1. The zero-order chi connectivity index (χ0) is 20.5. The zero-order valence-electron chi connectivity index (χ0n) is 15.7. The predicted molar refractivity (Wildman–Crippen MR) is 108 cm³/mol. The maximum Gasteiger partial charge on any atom is 0.255 e. The van der Waals surface area contributed by atoms with Crippen LogP contribution in [0.25, 0.3) is 0 Å². The van der Waals surface area contributed by atoms with Gasteiger partial charge in [-0.05, 0) is 60.2 Å². The van der Waals surface area contributed by atoms with Crippen LogP contribution < -0.4 is 5.32 Å². The Labute approximate surface area is 170 Å². The van der Waals surface area contributed by atoms with Crippen molar-refractivity contribution in [1.82, 2.24) is 4.90 Å². The average molecular weight is 412 g/mol. The van der Waals surface area contributed by atoms with Crippen molar-refractivity contribution in [2.24, 2.45) is 0 Å². The molecule has 0 fully saturated rings. The lowest BCUT2D eigenvalue weighted by Crippen LogP contribution is -2.35. The van der Waals surface area contributed by atoms with Gasteiger partial charge in [-0.25, -0.2) is 8.78 Å². The van der Waals surface area contributed by atoms with E-state index in [4.69, 9.17) is 0 Å². The van der Waals surface area contributed by atoms with Crippen molar-refractivity contribution in [2.45, 2.75) is 19.9 Å². The quantitative estimate of drug-likeness (QED) is 0.673. The highest BCUT2D eigenvalue weighted by Crippen LogP contribution is 2.27. The molecule has 7 heteroatoms. The molecule has 1 aromatic heterocycles. The molecule has 0 radical (unpaired) electrons. The molecule has 1 N–H and O–H groups in total. The number of nitrogens with zero attached hydrogens (tertiary/aromatic N) is 1. The summed E-state index contributed by atoms with van der Waals surface area (Å²) in [7, 11) is 0. The first-order valence-corrected chi connectivity index (χ1v) is 10.0. The van der Waals surface area contributed by atoms with E-state index in [9.17, 15) is 18.4 Å². The number of benzene rings is 2. The van der Waals surface area contributed by atoms with E-state index in [-0.39, 0.29) is 11.5 Å². The summed E-state index contributed by atoms with van der Waals surface area (Å²) in [6, 6.07) is 9.75. The molecule has 0 aliphatic carbocycles. The lowest BCUT2D eigenvalue weighted by atomic mass is 10.0. The molecular weight excluding hydrogens is 394 g/mol. The van der Waals surface area contributed by atoms with Gasteiger partial charge in [0.05, 0.1) is 0 Å². The molecule has 4 nitrogen and oxygen atoms in total. The SMILES string of the molecule is Cc1c(NC(=O)c2cc(F)cc(F)c2)cccc1C(=O)N1CCc2sccc2C1. The summed E-state index contributed by atoms with van der Waals surface area (Å²) >= 11 is 1.71. The Bertz CT molecular complexity index is 1090. The van der Waals surface area contributed by atoms with Gasteiger partial charge in [0, 0.05) is 40.8 Å². The van der Waals surface area contributed by atoms with E-state index in [0.717, 1.165) is 18.6 Å². The molecule has 3 aromatic rings. The molecule has 0 spiro atoms. The van der Waals surface area contributed by atoms with Crippen LogP contribution in [0.1, 0.15) is 36.7 Å². The van der Waals surface area contributed by atoms with Crippen molar-refractivity contribution >= 4 is 28.8 Å². The fraction of sp³-hybridized carbons (Fsp3) is 0.182. The lowest BCUT2D eigenvalue weighted by molar-refractivity contribution is 0.0735. The highest BCUT2D eigenvalue weighted by molar-refractivity contribution is 7.10. The Hall–Kier alpha value is -3.06. The van der Waals surface area contributed by atoms with Crippen molar-refractivity contribution < 1.29 is 18.4 Å². The van der Waals surface area contributed by atoms with Gasteiger partial charge in [-0.15, -0.1) is 11.3 Å². The Morgan fingerprint density at radius 1 is 1.10 bits per heavy atom. The fourth-order valence-corrected chi connectivity index (χ4v) is 4.36. The van der Waals surface area contributed by atoms with Crippen LogP contribution in [0.5, 0.6) is 0 Å². The maximum absolute atomic E-state index is 13.4. The monoisotopic (exact) mass is 412 g/mol. The van der Waals surface area contributed by atoms with Crippen LogP contribution in [-0.4, -0.2) is 23.3 Å². The number of thiophene rings is 1. The van der Waals surface area contributed by atoms with E-state index in [0.29, 0.717) is 36.0 Å². The Morgan fingerprint density at radius 3 is 2.62 bits per heavy atom. The van der Waals surface area contributed by atoms with E-state index in [1.165, 1.54) is 10.4 Å². The van der Waals surface area contributed by atoms with Crippen LogP contribution >= 0.6 is 11.3 Å². The summed E-state index contributed by atoms with van der Waals surface area (Å²) in [6.45, 7) is 2.95. The molecule has 2 heterocycles. The predicted octanol–water partition coefficient (Wildman–Crippen LogP) is 4.79. The molecule has 2 amide bonds. The minimum atomic E-state index is -0.825. The molecule has 0 saturated carbocycles. The van der Waals surface area contributed by atoms with Crippen LogP contribution in [-0.2, 0) is 13.0 Å². The molecule has 0 bridgehead atoms. The first-order valence-electron chi connectivity index (χ1n) is 9.14. The van der Waals surface area contributed by atoms with E-state index in [2.05, 4.69) is 5.32 Å². The van der Waals surface area contributed by atoms with Gasteiger partial charge in [-0.1, -0.05) is 6.07 Å². The van der Waals surface area contributed by atoms with Gasteiger partial charge < -0.3 is 10.2 Å². The number of rotatable bonds is 3. The molecule has 1 aliphatic heterocycles. The molecule has 2 aromatic carbocycles. The minimum absolute atomic E-state index is 0.104. The highest BCUT2D eigenvalue weighted by Gasteiger charge is 2.24. The third-order valence-electron chi connectivity index (χ3n) is 5.03. The van der Waals surface area contributed by atoms with Gasteiger partial charge in [0.2, 0.25) is 0 Å². The lowest BCUT2D eigenvalue weighted by Gasteiger charge is -2.28. The topological polar surface area (TPSA) is 49.4 Å². The number of nitrogens with one attached hydrogen (secondary N) is 1. The van der Waals surface area contributed by atoms with Crippen molar-refractivity contribution in [3.05, 3.63) is 86.6 Å². The number of hydrogen-bond acceptors (Lipinski definition) is 3. The molecular formula is C22H18F2N2O2S. The van der Waals surface area contributed by atoms with Crippen LogP contribution in [0.15, 0.2) is 47.8 Å². The van der Waals surface area contributed by atoms with Gasteiger partial charge in [0.25, 0.3) is 11.8 Å². The number of halogens is 2. The summed E-state index contributed by atoms with van der Waals surface area (Å²) in [5, 5.41) is 4.69. The van der Waals surface area contributed by atoms with E-state index >= 15 is 0 Å². The highest BCUT2D eigenvalue weighted by atomic mass is 32.1. The van der Waals surface area contributed by atoms with Crippen molar-refractivity contribution in [1.29, 1.82) is 0 Å². The van der Waals surface area contributed by atoms with Gasteiger partial charge in [-0.3, -0.25) is 9.59 Å². The largest absolute Gasteiger partial charge is 0.334 e. The Kier molecular flexibility index (Phi) is 5.15. The molecule has 29 heavy (non-hydrogen) atoms. The second kappa shape index (κ2) is 7.75. The van der Waals surface area contributed by atoms with Crippen molar-refractivity contribution in [3.8, 4) is 0 Å². The second-order valence-corrected chi connectivity index (χ2v) is 7.94. The second-order valence-electron chi connectivity index (χ2n) is 6.94. The first-order chi connectivity index (χ1) is 13.9. The third kappa shape index (κ3) is 3.91.